The molecule has 2 saturated heterocycles. The van der Waals surface area contributed by atoms with Crippen molar-refractivity contribution in [3.05, 3.63) is 30.3 Å². The summed E-state index contributed by atoms with van der Waals surface area (Å²) >= 11 is 0. The van der Waals surface area contributed by atoms with Gasteiger partial charge in [0.15, 0.2) is 0 Å². The molecule has 5 amide bonds. The number of carbonyl (C=O) groups is 4. The van der Waals surface area contributed by atoms with Crippen molar-refractivity contribution in [2.24, 2.45) is 0 Å². The third kappa shape index (κ3) is 10.5. The highest BCUT2D eigenvalue weighted by Crippen LogP contribution is 2.21. The van der Waals surface area contributed by atoms with Gasteiger partial charge in [0, 0.05) is 37.4 Å². The van der Waals surface area contributed by atoms with Gasteiger partial charge in [-0.15, -0.1) is 0 Å². The van der Waals surface area contributed by atoms with Crippen molar-refractivity contribution in [2.75, 3.05) is 51.4 Å². The van der Waals surface area contributed by atoms with E-state index in [9.17, 15) is 19.2 Å². The fraction of sp³-hybridized carbons (Fsp3) is 0.630. The lowest BCUT2D eigenvalue weighted by molar-refractivity contribution is -0.142. The van der Waals surface area contributed by atoms with Gasteiger partial charge in [-0.3, -0.25) is 14.4 Å². The molecule has 0 aliphatic carbocycles. The highest BCUT2D eigenvalue weighted by Gasteiger charge is 2.41. The number of carbonyl (C=O) groups excluding carboxylic acids is 4. The molecule has 1 aromatic carbocycles. The molecule has 2 aliphatic heterocycles. The lowest BCUT2D eigenvalue weighted by Crippen LogP contribution is -2.54. The van der Waals surface area contributed by atoms with E-state index in [1.54, 1.807) is 17.0 Å². The fourth-order valence-corrected chi connectivity index (χ4v) is 4.73. The number of amides is 5. The molecule has 3 rings (SSSR count). The Morgan fingerprint density at radius 3 is 2.62 bits per heavy atom. The van der Waals surface area contributed by atoms with E-state index < -0.39 is 18.0 Å². The summed E-state index contributed by atoms with van der Waals surface area (Å²) in [6, 6.07) is 7.54. The summed E-state index contributed by atoms with van der Waals surface area (Å²) in [5.41, 5.74) is 0.696. The Labute approximate surface area is 229 Å². The Bertz CT molecular complexity index is 946. The van der Waals surface area contributed by atoms with Gasteiger partial charge in [-0.1, -0.05) is 32.0 Å². The molecule has 12 nitrogen and oxygen atoms in total. The fourth-order valence-electron chi connectivity index (χ4n) is 4.73. The maximum atomic E-state index is 13.7. The quantitative estimate of drug-likeness (QED) is 0.300. The number of nitrogens with zero attached hydrogens (tertiary/aromatic N) is 1. The van der Waals surface area contributed by atoms with Gasteiger partial charge < -0.3 is 41.0 Å². The number of unbranched alkanes of at least 4 members (excludes halogenated alkanes) is 1. The Hall–Kier alpha value is -3.22. The van der Waals surface area contributed by atoms with E-state index in [-0.39, 0.29) is 43.1 Å². The highest BCUT2D eigenvalue weighted by molar-refractivity contribution is 5.93. The lowest BCUT2D eigenvalue weighted by Gasteiger charge is -2.29. The maximum absolute atomic E-state index is 13.7. The Kier molecular flexibility index (Phi) is 12.5. The molecule has 39 heavy (non-hydrogen) atoms. The van der Waals surface area contributed by atoms with Crippen molar-refractivity contribution in [1.82, 2.24) is 26.2 Å². The number of ether oxygens (including phenoxy) is 2. The second-order valence-corrected chi connectivity index (χ2v) is 10.1. The van der Waals surface area contributed by atoms with E-state index in [1.807, 2.05) is 32.0 Å². The number of hydrogen-bond donors (Lipinski definition) is 5. The van der Waals surface area contributed by atoms with Crippen molar-refractivity contribution in [1.29, 1.82) is 0 Å². The molecule has 2 heterocycles. The molecule has 2 fully saturated rings. The van der Waals surface area contributed by atoms with Gasteiger partial charge in [0.2, 0.25) is 17.7 Å². The monoisotopic (exact) mass is 546 g/mol. The minimum atomic E-state index is -0.811. The summed E-state index contributed by atoms with van der Waals surface area (Å²) in [4.78, 5) is 53.0. The molecule has 0 saturated carbocycles. The molecule has 12 heteroatoms. The molecule has 1 aromatic rings. The number of anilines is 1. The maximum Gasteiger partial charge on any atom is 0.319 e. The van der Waals surface area contributed by atoms with Crippen LogP contribution in [-0.4, -0.2) is 98.9 Å². The van der Waals surface area contributed by atoms with E-state index in [1.165, 1.54) is 0 Å². The van der Waals surface area contributed by atoms with Crippen molar-refractivity contribution in [3.8, 4) is 0 Å². The van der Waals surface area contributed by atoms with Crippen molar-refractivity contribution in [2.45, 2.75) is 63.7 Å². The number of rotatable bonds is 8. The van der Waals surface area contributed by atoms with Gasteiger partial charge in [-0.05, 0) is 37.8 Å². The predicted octanol–water partition coefficient (Wildman–Crippen LogP) is 0.594. The van der Waals surface area contributed by atoms with Gasteiger partial charge in [-0.25, -0.2) is 4.79 Å². The first-order chi connectivity index (χ1) is 18.8. The molecule has 5 N–H and O–H groups in total. The van der Waals surface area contributed by atoms with Gasteiger partial charge in [0.25, 0.3) is 0 Å². The van der Waals surface area contributed by atoms with Crippen molar-refractivity contribution in [3.63, 3.8) is 0 Å². The third-order valence-corrected chi connectivity index (χ3v) is 6.48. The number of urea groups is 1. The van der Waals surface area contributed by atoms with E-state index in [0.717, 1.165) is 0 Å². The summed E-state index contributed by atoms with van der Waals surface area (Å²) in [6.45, 7) is 5.80. The first-order valence-corrected chi connectivity index (χ1v) is 13.7. The number of benzene rings is 1. The van der Waals surface area contributed by atoms with Gasteiger partial charge in [-0.2, -0.15) is 0 Å². The Morgan fingerprint density at radius 1 is 1.08 bits per heavy atom. The second kappa shape index (κ2) is 16.0. The first-order valence-electron chi connectivity index (χ1n) is 13.7. The zero-order valence-corrected chi connectivity index (χ0v) is 22.9. The number of hydrogen-bond acceptors (Lipinski definition) is 7. The van der Waals surface area contributed by atoms with Crippen LogP contribution in [0.4, 0.5) is 10.5 Å². The number of fused-ring (bicyclic) bond motifs is 1. The van der Waals surface area contributed by atoms with Crippen LogP contribution in [0.1, 0.15) is 39.5 Å². The molecule has 0 bridgehead atoms. The predicted molar refractivity (Wildman–Crippen MR) is 146 cm³/mol. The van der Waals surface area contributed by atoms with Crippen LogP contribution in [0, 0.1) is 0 Å². The van der Waals surface area contributed by atoms with Crippen LogP contribution < -0.4 is 26.6 Å². The van der Waals surface area contributed by atoms with Crippen LogP contribution in [0.2, 0.25) is 0 Å². The summed E-state index contributed by atoms with van der Waals surface area (Å²) in [5, 5.41) is 14.7. The molecular weight excluding hydrogens is 504 g/mol. The second-order valence-electron chi connectivity index (χ2n) is 10.1. The number of nitrogens with one attached hydrogen (secondary N) is 5. The third-order valence-electron chi connectivity index (χ3n) is 6.48. The van der Waals surface area contributed by atoms with Gasteiger partial charge in [0.05, 0.1) is 19.8 Å². The molecule has 2 aliphatic rings. The largest absolute Gasteiger partial charge is 0.377 e. The van der Waals surface area contributed by atoms with E-state index in [0.29, 0.717) is 64.2 Å². The van der Waals surface area contributed by atoms with Crippen LogP contribution in [0.25, 0.3) is 0 Å². The standard InChI is InChI=1S/C27H42N6O6/c1-19(2)30-21-16-23-25(35)28-12-13-38-14-15-39-18-24(34)32-22(26(36)33(23)17-21)10-6-7-11-29-27(37)31-20-8-4-3-5-9-20/h3-5,8-9,19,21-23,30H,6-7,10-18H2,1-2H3,(H,28,35)(H,32,34)(H2,29,31,37)/t21-,22-,23-/m0/s1. The van der Waals surface area contributed by atoms with Gasteiger partial charge >= 0.3 is 6.03 Å². The highest BCUT2D eigenvalue weighted by atomic mass is 16.5. The molecule has 0 spiro atoms. The molecule has 0 radical (unpaired) electrons. The van der Waals surface area contributed by atoms with Crippen molar-refractivity contribution < 1.29 is 28.7 Å². The smallest absolute Gasteiger partial charge is 0.319 e. The first kappa shape index (κ1) is 30.3. The van der Waals surface area contributed by atoms with E-state index >= 15 is 0 Å². The van der Waals surface area contributed by atoms with Crippen LogP contribution in [0.3, 0.4) is 0 Å². The van der Waals surface area contributed by atoms with Crippen molar-refractivity contribution >= 4 is 29.4 Å². The molecular formula is C27H42N6O6. The van der Waals surface area contributed by atoms with Crippen LogP contribution in [0.5, 0.6) is 0 Å². The SMILES string of the molecule is CC(C)N[C@H]1C[C@H]2C(=O)NCCOCCOCC(=O)N[C@@H](CCCCNC(=O)Nc3ccccc3)C(=O)N2C1. The summed E-state index contributed by atoms with van der Waals surface area (Å²) in [6.07, 6.45) is 2.04. The van der Waals surface area contributed by atoms with Crippen LogP contribution in [0.15, 0.2) is 30.3 Å². The molecule has 3 atom stereocenters. The average molecular weight is 547 g/mol. The normalized spacial score (nSPS) is 23.3. The number of para-hydroxylation sites is 1. The molecule has 0 unspecified atom stereocenters. The lowest BCUT2D eigenvalue weighted by atomic mass is 10.1. The minimum absolute atomic E-state index is 0.0353. The minimum Gasteiger partial charge on any atom is -0.377 e. The molecule has 216 valence electrons. The van der Waals surface area contributed by atoms with Gasteiger partial charge in [0.1, 0.15) is 18.7 Å². The van der Waals surface area contributed by atoms with E-state index in [4.69, 9.17) is 9.47 Å². The summed E-state index contributed by atoms with van der Waals surface area (Å²) in [7, 11) is 0. The summed E-state index contributed by atoms with van der Waals surface area (Å²) in [5.74, 6) is -0.928. The Balaban J connectivity index is 1.61. The average Bonchev–Trinajstić information content (AvgIpc) is 3.32. The Morgan fingerprint density at radius 2 is 1.85 bits per heavy atom. The zero-order chi connectivity index (χ0) is 28.0. The topological polar surface area (TPSA) is 150 Å². The zero-order valence-electron chi connectivity index (χ0n) is 22.9. The van der Waals surface area contributed by atoms with E-state index in [2.05, 4.69) is 26.6 Å². The van der Waals surface area contributed by atoms with Crippen LogP contribution >= 0.6 is 0 Å². The molecule has 0 aromatic heterocycles. The van der Waals surface area contributed by atoms with Crippen LogP contribution in [-0.2, 0) is 23.9 Å². The summed E-state index contributed by atoms with van der Waals surface area (Å²) < 4.78 is 10.8.